The Labute approximate surface area is 346 Å². The number of hydrogen-bond acceptors (Lipinski definition) is 2. The van der Waals surface area contributed by atoms with Gasteiger partial charge in [-0.05, 0) is 143 Å². The molecule has 0 unspecified atom stereocenters. The molecule has 2 nitrogen and oxygen atoms in total. The number of benzene rings is 6. The van der Waals surface area contributed by atoms with Gasteiger partial charge >= 0.3 is 0 Å². The minimum atomic E-state index is -4.52. The zero-order valence-corrected chi connectivity index (χ0v) is 31.0. The van der Waals surface area contributed by atoms with Crippen molar-refractivity contribution in [2.75, 3.05) is 9.80 Å². The van der Waals surface area contributed by atoms with Crippen molar-refractivity contribution in [2.45, 2.75) is 65.8 Å². The molecule has 7 rings (SSSR count). The van der Waals surface area contributed by atoms with Gasteiger partial charge in [-0.25, -0.2) is 0 Å². The maximum atomic E-state index is 9.05. The van der Waals surface area contributed by atoms with Crippen LogP contribution in [0, 0.1) is 19.3 Å². The van der Waals surface area contributed by atoms with Crippen LogP contribution in [0.5, 0.6) is 0 Å². The molecule has 4 heteroatoms. The number of rotatable bonds is 7. The Morgan fingerprint density at radius 1 is 0.412 bits per heavy atom. The van der Waals surface area contributed by atoms with Crippen molar-refractivity contribution in [1.29, 1.82) is 0 Å². The zero-order chi connectivity index (χ0) is 51.3. The van der Waals surface area contributed by atoms with Crippen molar-refractivity contribution in [1.82, 2.24) is 0 Å². The van der Waals surface area contributed by atoms with Crippen LogP contribution in [0.4, 0.5) is 34.1 Å². The van der Waals surface area contributed by atoms with Gasteiger partial charge in [0.25, 0.3) is 0 Å². The molecule has 0 amide bonds. The summed E-state index contributed by atoms with van der Waals surface area (Å²) >= 11 is 7.05. The summed E-state index contributed by atoms with van der Waals surface area (Å²) < 4.78 is 163. The van der Waals surface area contributed by atoms with Gasteiger partial charge in [-0.3, -0.25) is 0 Å². The SMILES string of the molecule is [2H]C([2H])([2H])C1(C([2H])([2H])[2H])c2ccc(-c3cc(N(c4ccc(C)cc4)c4ccc(C)cc4)cc(N(c4ccc(Br)cc4)c4ccc(Br)cc4)c3)cc2C(C([2H])([2H])[2H])(C([2H])([2H])[2H])C1(C([2H])([2H])[2H])C([2H])([2H])[2H]. The maximum absolute atomic E-state index is 9.05. The minimum Gasteiger partial charge on any atom is -0.310 e. The highest BCUT2D eigenvalue weighted by Gasteiger charge is 2.56. The van der Waals surface area contributed by atoms with Crippen LogP contribution in [0.1, 0.15) is 88.0 Å². The van der Waals surface area contributed by atoms with Crippen molar-refractivity contribution in [2.24, 2.45) is 5.41 Å². The van der Waals surface area contributed by atoms with E-state index in [1.165, 1.54) is 6.07 Å². The summed E-state index contributed by atoms with van der Waals surface area (Å²) in [5.41, 5.74) is -8.94. The number of aryl methyl sites for hydroxylation is 2. The first-order chi connectivity index (χ1) is 31.7. The highest BCUT2D eigenvalue weighted by Crippen LogP contribution is 2.62. The number of halogens is 2. The quantitative estimate of drug-likeness (QED) is 0.158. The molecule has 0 atom stereocenters. The van der Waals surface area contributed by atoms with Crippen molar-refractivity contribution in [3.8, 4) is 11.1 Å². The summed E-state index contributed by atoms with van der Waals surface area (Å²) in [6.07, 6.45) is 0. The first-order valence-electron chi connectivity index (χ1n) is 25.2. The molecule has 0 spiro atoms. The lowest BCUT2D eigenvalue weighted by molar-refractivity contribution is 0.125. The summed E-state index contributed by atoms with van der Waals surface area (Å²) in [7, 11) is 0. The predicted molar refractivity (Wildman–Crippen MR) is 226 cm³/mol. The highest BCUT2D eigenvalue weighted by atomic mass is 79.9. The normalized spacial score (nSPS) is 22.0. The number of hydrogen-bond donors (Lipinski definition) is 0. The zero-order valence-electron chi connectivity index (χ0n) is 45.9. The molecule has 0 fully saturated rings. The maximum Gasteiger partial charge on any atom is 0.0488 e. The van der Waals surface area contributed by atoms with Crippen LogP contribution in [0.25, 0.3) is 11.1 Å². The van der Waals surface area contributed by atoms with Crippen molar-refractivity contribution in [3.05, 3.63) is 165 Å². The van der Waals surface area contributed by atoms with Gasteiger partial charge in [-0.15, -0.1) is 0 Å². The van der Waals surface area contributed by atoms with E-state index in [1.807, 2.05) is 127 Å². The van der Waals surface area contributed by atoms with Crippen LogP contribution in [-0.4, -0.2) is 0 Å². The molecule has 0 aliphatic heterocycles. The molecule has 0 N–H and O–H groups in total. The molecule has 0 radical (unpaired) electrons. The van der Waals surface area contributed by atoms with Crippen molar-refractivity contribution >= 4 is 66.0 Å². The molecular weight excluding hydrogens is 752 g/mol. The van der Waals surface area contributed by atoms with Crippen LogP contribution in [0.3, 0.4) is 0 Å². The lowest BCUT2D eigenvalue weighted by Gasteiger charge is -2.44. The molecule has 6 aromatic rings. The van der Waals surface area contributed by atoms with Gasteiger partial charge < -0.3 is 9.80 Å². The predicted octanol–water partition coefficient (Wildman–Crippen LogP) is 15.0. The monoisotopic (exact) mass is 814 g/mol. The van der Waals surface area contributed by atoms with Crippen molar-refractivity contribution < 1.29 is 24.7 Å². The Morgan fingerprint density at radius 2 is 0.824 bits per heavy atom. The number of nitrogens with zero attached hydrogens (tertiary/aromatic N) is 2. The average Bonchev–Trinajstić information content (AvgIpc) is 3.53. The molecule has 0 saturated carbocycles. The summed E-state index contributed by atoms with van der Waals surface area (Å²) in [4.78, 5) is 3.89. The molecule has 1 aliphatic carbocycles. The summed E-state index contributed by atoms with van der Waals surface area (Å²) in [6, 6.07) is 38.8. The molecule has 0 bridgehead atoms. The molecule has 0 heterocycles. The van der Waals surface area contributed by atoms with Crippen LogP contribution in [0.15, 0.2) is 142 Å². The second-order valence-electron chi connectivity index (χ2n) is 13.0. The van der Waals surface area contributed by atoms with E-state index in [0.29, 0.717) is 34.1 Å². The molecule has 258 valence electrons. The van der Waals surface area contributed by atoms with Gasteiger partial charge in [0.2, 0.25) is 0 Å². The lowest BCUT2D eigenvalue weighted by atomic mass is 9.59. The fraction of sp³-hybridized carbons (Fsp3) is 0.234. The van der Waals surface area contributed by atoms with Gasteiger partial charge in [-0.2, -0.15) is 0 Å². The van der Waals surface area contributed by atoms with Crippen molar-refractivity contribution in [3.63, 3.8) is 0 Å². The standard InChI is InChI=1S/C47H46Br2N2/c1-31-9-18-37(19-10-31)50(38-20-11-32(2)12-21-38)41-27-34(33-13-26-43-44(29-33)46(5,6)47(7,8)45(43,3)4)28-42(30-41)51(39-22-14-35(48)15-23-39)40-24-16-36(49)17-25-40/h9-30H,1-8H3/i3D3,4D3,5D3,6D3,7D3,8D3. The van der Waals surface area contributed by atoms with Gasteiger partial charge in [0.1, 0.15) is 0 Å². The summed E-state index contributed by atoms with van der Waals surface area (Å²) in [6.45, 7) is -21.6. The Kier molecular flexibility index (Phi) is 5.06. The lowest BCUT2D eigenvalue weighted by Crippen LogP contribution is -2.42. The van der Waals surface area contributed by atoms with E-state index in [4.69, 9.17) is 24.7 Å². The Morgan fingerprint density at radius 3 is 1.24 bits per heavy atom. The average molecular weight is 817 g/mol. The topological polar surface area (TPSA) is 6.48 Å². The third-order valence-electron chi connectivity index (χ3n) is 9.46. The van der Waals surface area contributed by atoms with Gasteiger partial charge in [0, 0.05) is 67.7 Å². The minimum absolute atomic E-state index is 0.00841. The third-order valence-corrected chi connectivity index (χ3v) is 10.5. The molecule has 6 aromatic carbocycles. The Balaban J connectivity index is 1.70. The smallest absolute Gasteiger partial charge is 0.0488 e. The Bertz CT molecular complexity index is 2600. The fourth-order valence-corrected chi connectivity index (χ4v) is 7.06. The second-order valence-corrected chi connectivity index (χ2v) is 14.9. The van der Waals surface area contributed by atoms with Gasteiger partial charge in [0.05, 0.1) is 0 Å². The highest BCUT2D eigenvalue weighted by molar-refractivity contribution is 9.10. The first kappa shape index (κ1) is 19.6. The van der Waals surface area contributed by atoms with E-state index in [-0.39, 0.29) is 11.1 Å². The van der Waals surface area contributed by atoms with Crippen LogP contribution in [-0.2, 0) is 10.8 Å². The van der Waals surface area contributed by atoms with Gasteiger partial charge in [-0.1, -0.05) is 127 Å². The molecule has 0 saturated heterocycles. The first-order valence-corrected chi connectivity index (χ1v) is 17.8. The van der Waals surface area contributed by atoms with E-state index < -0.39 is 68.5 Å². The van der Waals surface area contributed by atoms with E-state index in [9.17, 15) is 0 Å². The number of anilines is 6. The summed E-state index contributed by atoms with van der Waals surface area (Å²) in [5, 5.41) is 0. The molecule has 1 aliphatic rings. The Hall–Kier alpha value is -4.12. The van der Waals surface area contributed by atoms with Crippen LogP contribution >= 0.6 is 31.9 Å². The molecular formula is C47H46Br2N2. The van der Waals surface area contributed by atoms with E-state index >= 15 is 0 Å². The van der Waals surface area contributed by atoms with Crippen LogP contribution in [0.2, 0.25) is 0 Å². The van der Waals surface area contributed by atoms with E-state index in [2.05, 4.69) is 31.9 Å². The van der Waals surface area contributed by atoms with Gasteiger partial charge in [0.15, 0.2) is 0 Å². The molecule has 51 heavy (non-hydrogen) atoms. The van der Waals surface area contributed by atoms with Crippen LogP contribution < -0.4 is 9.80 Å². The second kappa shape index (κ2) is 13.1. The largest absolute Gasteiger partial charge is 0.310 e. The molecule has 0 aromatic heterocycles. The van der Waals surface area contributed by atoms with E-state index in [0.717, 1.165) is 32.2 Å². The summed E-state index contributed by atoms with van der Waals surface area (Å²) in [5.74, 6) is 0. The third kappa shape index (κ3) is 6.25. The number of fused-ring (bicyclic) bond motifs is 1. The fourth-order valence-electron chi connectivity index (χ4n) is 6.53. The van der Waals surface area contributed by atoms with E-state index in [1.54, 1.807) is 12.1 Å².